The second-order valence-electron chi connectivity index (χ2n) is 10.9. The number of aromatic nitrogens is 2. The number of benzene rings is 2. The molecule has 1 amide bonds. The number of amides is 1. The summed E-state index contributed by atoms with van der Waals surface area (Å²) in [4.78, 5) is 27.7. The van der Waals surface area contributed by atoms with E-state index >= 15 is 0 Å². The Labute approximate surface area is 229 Å². The average Bonchev–Trinajstić information content (AvgIpc) is 3.25. The fourth-order valence-corrected chi connectivity index (χ4v) is 5.59. The van der Waals surface area contributed by atoms with Gasteiger partial charge in [-0.25, -0.2) is 18.1 Å². The van der Waals surface area contributed by atoms with Crippen molar-refractivity contribution in [3.05, 3.63) is 53.9 Å². The number of nitrogens with one attached hydrogen (secondary N) is 2. The van der Waals surface area contributed by atoms with Gasteiger partial charge in [0.25, 0.3) is 5.91 Å². The van der Waals surface area contributed by atoms with Crippen LogP contribution in [0.2, 0.25) is 0 Å². The quantitative estimate of drug-likeness (QED) is 0.384. The minimum atomic E-state index is -3.79. The van der Waals surface area contributed by atoms with Gasteiger partial charge in [0.05, 0.1) is 15.9 Å². The fourth-order valence-electron chi connectivity index (χ4n) is 4.57. The molecule has 2 aromatic carbocycles. The molecular formula is C28H36N4O6S. The number of hydrogen-bond acceptors (Lipinski definition) is 7. The summed E-state index contributed by atoms with van der Waals surface area (Å²) in [7, 11) is -3.79. The van der Waals surface area contributed by atoms with Crippen LogP contribution in [0.15, 0.2) is 47.4 Å². The Morgan fingerprint density at radius 2 is 1.79 bits per heavy atom. The molecule has 1 aromatic heterocycles. The van der Waals surface area contributed by atoms with Crippen LogP contribution in [0.3, 0.4) is 0 Å². The summed E-state index contributed by atoms with van der Waals surface area (Å²) in [5.41, 5.74) is 2.94. The number of hydrogen-bond donors (Lipinski definition) is 2. The molecule has 0 bridgehead atoms. The van der Waals surface area contributed by atoms with Crippen LogP contribution in [-0.2, 0) is 47.6 Å². The Bertz CT molecular complexity index is 1440. The van der Waals surface area contributed by atoms with Crippen LogP contribution < -0.4 is 10.0 Å². The van der Waals surface area contributed by atoms with E-state index in [0.29, 0.717) is 11.6 Å². The fraction of sp³-hybridized carbons (Fsp3) is 0.464. The minimum absolute atomic E-state index is 0.0670. The van der Waals surface area contributed by atoms with Crippen molar-refractivity contribution >= 4 is 38.6 Å². The molecule has 2 heterocycles. The number of sulfonamides is 1. The van der Waals surface area contributed by atoms with Gasteiger partial charge in [0.2, 0.25) is 10.0 Å². The summed E-state index contributed by atoms with van der Waals surface area (Å²) in [6.07, 6.45) is 2.06. The maximum atomic E-state index is 12.9. The molecule has 1 aliphatic rings. The van der Waals surface area contributed by atoms with E-state index in [1.165, 1.54) is 31.2 Å². The van der Waals surface area contributed by atoms with Crippen LogP contribution in [0, 0.1) is 5.92 Å². The number of esters is 1. The summed E-state index contributed by atoms with van der Waals surface area (Å²) < 4.78 is 40.9. The van der Waals surface area contributed by atoms with Gasteiger partial charge in [0, 0.05) is 44.3 Å². The smallest absolute Gasteiger partial charge is 0.303 e. The maximum Gasteiger partial charge on any atom is 0.303 e. The molecule has 1 aliphatic heterocycles. The van der Waals surface area contributed by atoms with Crippen LogP contribution in [0.4, 0.5) is 5.69 Å². The van der Waals surface area contributed by atoms with Crippen molar-refractivity contribution in [1.82, 2.24) is 14.3 Å². The summed E-state index contributed by atoms with van der Waals surface area (Å²) in [6, 6.07) is 11.7. The molecule has 0 atom stereocenters. The number of anilines is 1. The zero-order chi connectivity index (χ0) is 28.2. The monoisotopic (exact) mass is 556 g/mol. The lowest BCUT2D eigenvalue weighted by Gasteiger charge is -2.26. The van der Waals surface area contributed by atoms with Gasteiger partial charge < -0.3 is 19.4 Å². The number of fused-ring (bicyclic) bond motifs is 1. The minimum Gasteiger partial charge on any atom is -0.456 e. The van der Waals surface area contributed by atoms with Crippen molar-refractivity contribution in [2.75, 3.05) is 25.1 Å². The van der Waals surface area contributed by atoms with Crippen molar-refractivity contribution in [2.24, 2.45) is 5.92 Å². The molecule has 39 heavy (non-hydrogen) atoms. The lowest BCUT2D eigenvalue weighted by molar-refractivity contribution is -0.144. The normalized spacial score (nSPS) is 14.9. The Morgan fingerprint density at radius 1 is 1.10 bits per heavy atom. The molecule has 0 aliphatic carbocycles. The van der Waals surface area contributed by atoms with Crippen molar-refractivity contribution in [2.45, 2.75) is 63.9 Å². The van der Waals surface area contributed by atoms with Gasteiger partial charge in [-0.3, -0.25) is 9.59 Å². The summed E-state index contributed by atoms with van der Waals surface area (Å²) in [5, 5.41) is 2.55. The number of rotatable bonds is 9. The van der Waals surface area contributed by atoms with Gasteiger partial charge in [-0.05, 0) is 60.7 Å². The Morgan fingerprint density at radius 3 is 2.44 bits per heavy atom. The third-order valence-electron chi connectivity index (χ3n) is 6.59. The Kier molecular flexibility index (Phi) is 8.73. The predicted molar refractivity (Wildman–Crippen MR) is 148 cm³/mol. The van der Waals surface area contributed by atoms with Crippen molar-refractivity contribution in [3.8, 4) is 0 Å². The molecule has 0 radical (unpaired) electrons. The summed E-state index contributed by atoms with van der Waals surface area (Å²) in [6.45, 7) is 9.84. The summed E-state index contributed by atoms with van der Waals surface area (Å²) >= 11 is 0. The average molecular weight is 557 g/mol. The highest BCUT2D eigenvalue weighted by Crippen LogP contribution is 2.30. The van der Waals surface area contributed by atoms with E-state index in [0.717, 1.165) is 55.0 Å². The van der Waals surface area contributed by atoms with Gasteiger partial charge in [0.15, 0.2) is 6.61 Å². The van der Waals surface area contributed by atoms with E-state index in [4.69, 9.17) is 9.72 Å². The van der Waals surface area contributed by atoms with E-state index in [1.807, 2.05) is 18.2 Å². The van der Waals surface area contributed by atoms with E-state index in [9.17, 15) is 18.0 Å². The lowest BCUT2D eigenvalue weighted by atomic mass is 9.94. The molecule has 0 saturated carbocycles. The molecule has 210 valence electrons. The van der Waals surface area contributed by atoms with Gasteiger partial charge in [0.1, 0.15) is 5.82 Å². The molecule has 1 saturated heterocycles. The first-order valence-electron chi connectivity index (χ1n) is 13.0. The number of nitrogens with zero attached hydrogens (tertiary/aromatic N) is 2. The van der Waals surface area contributed by atoms with Gasteiger partial charge in [-0.2, -0.15) is 0 Å². The molecule has 0 unspecified atom stereocenters. The first kappa shape index (κ1) is 28.7. The topological polar surface area (TPSA) is 129 Å². The van der Waals surface area contributed by atoms with E-state index in [1.54, 1.807) is 0 Å². The first-order valence-corrected chi connectivity index (χ1v) is 14.5. The predicted octanol–water partition coefficient (Wildman–Crippen LogP) is 3.74. The SMILES string of the molecule is CC(=O)OCC(=O)Nc1ccc(S(=O)(=O)NCc2ccc3c(c2)nc(C(C)(C)C)n3CC2CCOCC2)cc1. The molecule has 2 N–H and O–H groups in total. The second-order valence-corrected chi connectivity index (χ2v) is 12.6. The standard InChI is InChI=1S/C28H36N4O6S/c1-19(33)38-18-26(34)30-22-6-8-23(9-7-22)39(35,36)29-16-21-5-10-25-24(15-21)31-27(28(2,3)4)32(25)17-20-11-13-37-14-12-20/h5-10,15,20,29H,11-14,16-18H2,1-4H3,(H,30,34). The third kappa shape index (κ3) is 7.43. The largest absolute Gasteiger partial charge is 0.456 e. The number of carbonyl (C=O) groups excluding carboxylic acids is 2. The van der Waals surface area contributed by atoms with E-state index < -0.39 is 28.5 Å². The van der Waals surface area contributed by atoms with E-state index in [-0.39, 0.29) is 16.9 Å². The molecule has 1 fully saturated rings. The van der Waals surface area contributed by atoms with Crippen LogP contribution in [-0.4, -0.2) is 49.7 Å². The van der Waals surface area contributed by atoms with E-state index in [2.05, 4.69) is 40.1 Å². The molecule has 0 spiro atoms. The molecular weight excluding hydrogens is 520 g/mol. The Hall–Kier alpha value is -3.28. The molecule has 11 heteroatoms. The summed E-state index contributed by atoms with van der Waals surface area (Å²) in [5.74, 6) is 0.480. The lowest BCUT2D eigenvalue weighted by Crippen LogP contribution is -2.25. The van der Waals surface area contributed by atoms with Crippen LogP contribution in [0.1, 0.15) is 51.9 Å². The van der Waals surface area contributed by atoms with Crippen LogP contribution >= 0.6 is 0 Å². The van der Waals surface area contributed by atoms with Gasteiger partial charge in [-0.1, -0.05) is 26.8 Å². The first-order chi connectivity index (χ1) is 18.4. The Balaban J connectivity index is 1.45. The third-order valence-corrected chi connectivity index (χ3v) is 8.00. The maximum absolute atomic E-state index is 12.9. The molecule has 4 rings (SSSR count). The second kappa shape index (κ2) is 11.8. The van der Waals surface area contributed by atoms with Crippen molar-refractivity contribution < 1.29 is 27.5 Å². The number of ether oxygens (including phenoxy) is 2. The van der Waals surface area contributed by atoms with Crippen LogP contribution in [0.5, 0.6) is 0 Å². The number of imidazole rings is 1. The highest BCUT2D eigenvalue weighted by molar-refractivity contribution is 7.89. The zero-order valence-corrected chi connectivity index (χ0v) is 23.6. The van der Waals surface area contributed by atoms with Gasteiger partial charge >= 0.3 is 5.97 Å². The molecule has 3 aromatic rings. The van der Waals surface area contributed by atoms with Crippen LogP contribution in [0.25, 0.3) is 11.0 Å². The van der Waals surface area contributed by atoms with Crippen molar-refractivity contribution in [3.63, 3.8) is 0 Å². The highest BCUT2D eigenvalue weighted by atomic mass is 32.2. The highest BCUT2D eigenvalue weighted by Gasteiger charge is 2.25. The zero-order valence-electron chi connectivity index (χ0n) is 22.8. The van der Waals surface area contributed by atoms with Crippen molar-refractivity contribution in [1.29, 1.82) is 0 Å². The van der Waals surface area contributed by atoms with Gasteiger partial charge in [-0.15, -0.1) is 0 Å². The molecule has 10 nitrogen and oxygen atoms in total. The number of carbonyl (C=O) groups is 2.